The van der Waals surface area contributed by atoms with Gasteiger partial charge < -0.3 is 4.90 Å². The summed E-state index contributed by atoms with van der Waals surface area (Å²) in [6.07, 6.45) is 4.54. The molecule has 0 N–H and O–H groups in total. The maximum atomic E-state index is 6.26. The molecule has 0 aromatic carbocycles. The van der Waals surface area contributed by atoms with E-state index in [1.54, 1.807) is 11.3 Å². The predicted molar refractivity (Wildman–Crippen MR) is 88.4 cm³/mol. The van der Waals surface area contributed by atoms with Crippen molar-refractivity contribution >= 4 is 39.1 Å². The van der Waals surface area contributed by atoms with Gasteiger partial charge in [-0.05, 0) is 37.1 Å². The van der Waals surface area contributed by atoms with E-state index in [0.29, 0.717) is 11.1 Å². The average molecular weight is 319 g/mol. The van der Waals surface area contributed by atoms with Gasteiger partial charge in [0.2, 0.25) is 5.95 Å². The smallest absolute Gasteiger partial charge is 0.227 e. The van der Waals surface area contributed by atoms with E-state index >= 15 is 0 Å². The van der Waals surface area contributed by atoms with Gasteiger partial charge in [-0.25, -0.2) is 9.97 Å². The zero-order chi connectivity index (χ0) is 14.8. The minimum absolute atomic E-state index is 0.523. The van der Waals surface area contributed by atoms with Crippen LogP contribution in [0.5, 0.6) is 0 Å². The largest absolute Gasteiger partial charge is 0.343 e. The SMILES string of the molecule is Cc1cc2c(Cl)nc(N(C)CCc3ccncc3)nc2s1. The maximum Gasteiger partial charge on any atom is 0.227 e. The fourth-order valence-electron chi connectivity index (χ4n) is 2.11. The van der Waals surface area contributed by atoms with Gasteiger partial charge in [-0.1, -0.05) is 11.6 Å². The van der Waals surface area contributed by atoms with E-state index in [1.807, 2.05) is 42.5 Å². The van der Waals surface area contributed by atoms with Crippen molar-refractivity contribution in [1.29, 1.82) is 0 Å². The van der Waals surface area contributed by atoms with E-state index in [4.69, 9.17) is 11.6 Å². The molecule has 6 heteroatoms. The number of fused-ring (bicyclic) bond motifs is 1. The van der Waals surface area contributed by atoms with Crippen LogP contribution in [-0.2, 0) is 6.42 Å². The third-order valence-electron chi connectivity index (χ3n) is 3.28. The van der Waals surface area contributed by atoms with Gasteiger partial charge in [-0.3, -0.25) is 4.98 Å². The molecule has 4 nitrogen and oxygen atoms in total. The highest BCUT2D eigenvalue weighted by molar-refractivity contribution is 7.18. The fraction of sp³-hybridized carbons (Fsp3) is 0.267. The Morgan fingerprint density at radius 1 is 1.24 bits per heavy atom. The minimum atomic E-state index is 0.523. The van der Waals surface area contributed by atoms with E-state index < -0.39 is 0 Å². The number of pyridine rings is 1. The van der Waals surface area contributed by atoms with Crippen LogP contribution in [0.2, 0.25) is 5.15 Å². The first-order valence-corrected chi connectivity index (χ1v) is 7.86. The van der Waals surface area contributed by atoms with Gasteiger partial charge in [0, 0.05) is 36.2 Å². The summed E-state index contributed by atoms with van der Waals surface area (Å²) in [4.78, 5) is 17.2. The first kappa shape index (κ1) is 14.2. The molecule has 0 bridgehead atoms. The standard InChI is InChI=1S/C15H15ClN4S/c1-10-9-12-13(16)18-15(19-14(12)21-10)20(2)8-5-11-3-6-17-7-4-11/h3-4,6-7,9H,5,8H2,1-2H3. The Morgan fingerprint density at radius 2 is 2.00 bits per heavy atom. The van der Waals surface area contributed by atoms with Gasteiger partial charge in [-0.15, -0.1) is 11.3 Å². The molecule has 108 valence electrons. The molecule has 0 spiro atoms. The second kappa shape index (κ2) is 5.95. The molecule has 0 aliphatic rings. The second-order valence-corrected chi connectivity index (χ2v) is 6.51. The molecular formula is C15H15ClN4S. The summed E-state index contributed by atoms with van der Waals surface area (Å²) in [5.41, 5.74) is 1.25. The number of halogens is 1. The predicted octanol–water partition coefficient (Wildman–Crippen LogP) is 3.73. The molecule has 3 aromatic rings. The number of anilines is 1. The van der Waals surface area contributed by atoms with Gasteiger partial charge >= 0.3 is 0 Å². The summed E-state index contributed by atoms with van der Waals surface area (Å²) in [5.74, 6) is 0.670. The molecule has 21 heavy (non-hydrogen) atoms. The number of thiophene rings is 1. The zero-order valence-corrected chi connectivity index (χ0v) is 13.4. The average Bonchev–Trinajstić information content (AvgIpc) is 2.87. The monoisotopic (exact) mass is 318 g/mol. The Bertz CT molecular complexity index is 757. The topological polar surface area (TPSA) is 41.9 Å². The third-order valence-corrected chi connectivity index (χ3v) is 4.52. The summed E-state index contributed by atoms with van der Waals surface area (Å²) >= 11 is 7.90. The van der Waals surface area contributed by atoms with Crippen LogP contribution < -0.4 is 4.90 Å². The van der Waals surface area contributed by atoms with Crippen LogP contribution in [0.4, 0.5) is 5.95 Å². The lowest BCUT2D eigenvalue weighted by atomic mass is 10.2. The lowest BCUT2D eigenvalue weighted by molar-refractivity contribution is 0.842. The Hall–Kier alpha value is -1.72. The number of rotatable bonds is 4. The van der Waals surface area contributed by atoms with Crippen LogP contribution in [-0.4, -0.2) is 28.5 Å². The van der Waals surface area contributed by atoms with Crippen molar-refractivity contribution in [1.82, 2.24) is 15.0 Å². The van der Waals surface area contributed by atoms with Gasteiger partial charge in [-0.2, -0.15) is 0 Å². The van der Waals surface area contributed by atoms with Crippen LogP contribution in [0.3, 0.4) is 0 Å². The first-order chi connectivity index (χ1) is 10.1. The van der Waals surface area contributed by atoms with Crippen LogP contribution in [0.1, 0.15) is 10.4 Å². The van der Waals surface area contributed by atoms with Crippen molar-refractivity contribution in [3.8, 4) is 0 Å². The van der Waals surface area contributed by atoms with Crippen molar-refractivity contribution in [3.05, 3.63) is 46.2 Å². The van der Waals surface area contributed by atoms with Crippen molar-refractivity contribution in [2.24, 2.45) is 0 Å². The Kier molecular flexibility index (Phi) is 4.03. The Morgan fingerprint density at radius 3 is 2.76 bits per heavy atom. The number of hydrogen-bond donors (Lipinski definition) is 0. The van der Waals surface area contributed by atoms with Gasteiger partial charge in [0.25, 0.3) is 0 Å². The highest BCUT2D eigenvalue weighted by Gasteiger charge is 2.11. The summed E-state index contributed by atoms with van der Waals surface area (Å²) in [6.45, 7) is 2.88. The molecule has 0 aliphatic carbocycles. The molecule has 3 heterocycles. The van der Waals surface area contributed by atoms with E-state index in [0.717, 1.165) is 23.2 Å². The van der Waals surface area contributed by atoms with Gasteiger partial charge in [0.05, 0.1) is 0 Å². The highest BCUT2D eigenvalue weighted by atomic mass is 35.5. The fourth-order valence-corrected chi connectivity index (χ4v) is 3.26. The molecule has 0 atom stereocenters. The van der Waals surface area contributed by atoms with Crippen LogP contribution in [0, 0.1) is 6.92 Å². The summed E-state index contributed by atoms with van der Waals surface area (Å²) in [7, 11) is 1.99. The van der Waals surface area contributed by atoms with E-state index in [9.17, 15) is 0 Å². The zero-order valence-electron chi connectivity index (χ0n) is 11.9. The lowest BCUT2D eigenvalue weighted by Crippen LogP contribution is -2.22. The number of likely N-dealkylation sites (N-methyl/N-ethyl adjacent to an activating group) is 1. The van der Waals surface area contributed by atoms with Gasteiger partial charge in [0.15, 0.2) is 0 Å². The molecule has 3 rings (SSSR count). The Labute approximate surface area is 132 Å². The number of hydrogen-bond acceptors (Lipinski definition) is 5. The molecule has 0 unspecified atom stereocenters. The number of aryl methyl sites for hydroxylation is 1. The van der Waals surface area contributed by atoms with Crippen LogP contribution >= 0.6 is 22.9 Å². The van der Waals surface area contributed by atoms with Crippen molar-refractivity contribution in [2.75, 3.05) is 18.5 Å². The molecule has 0 saturated heterocycles. The maximum absolute atomic E-state index is 6.26. The molecule has 0 fully saturated rings. The first-order valence-electron chi connectivity index (χ1n) is 6.67. The summed E-state index contributed by atoms with van der Waals surface area (Å²) in [6, 6.07) is 6.07. The molecule has 0 aliphatic heterocycles. The summed E-state index contributed by atoms with van der Waals surface area (Å²) in [5, 5.41) is 1.46. The van der Waals surface area contributed by atoms with Crippen LogP contribution in [0.15, 0.2) is 30.6 Å². The third kappa shape index (κ3) is 3.14. The van der Waals surface area contributed by atoms with E-state index in [2.05, 4.69) is 21.9 Å². The molecule has 3 aromatic heterocycles. The second-order valence-electron chi connectivity index (χ2n) is 4.92. The van der Waals surface area contributed by atoms with Crippen molar-refractivity contribution in [2.45, 2.75) is 13.3 Å². The van der Waals surface area contributed by atoms with Crippen molar-refractivity contribution in [3.63, 3.8) is 0 Å². The van der Waals surface area contributed by atoms with E-state index in [-0.39, 0.29) is 0 Å². The Balaban J connectivity index is 1.79. The van der Waals surface area contributed by atoms with E-state index in [1.165, 1.54) is 10.4 Å². The molecule has 0 saturated carbocycles. The highest BCUT2D eigenvalue weighted by Crippen LogP contribution is 2.29. The summed E-state index contributed by atoms with van der Waals surface area (Å²) < 4.78 is 0. The number of nitrogens with zero attached hydrogens (tertiary/aromatic N) is 4. The molecular weight excluding hydrogens is 304 g/mol. The minimum Gasteiger partial charge on any atom is -0.343 e. The molecule has 0 radical (unpaired) electrons. The number of aromatic nitrogens is 3. The lowest BCUT2D eigenvalue weighted by Gasteiger charge is -2.17. The van der Waals surface area contributed by atoms with Gasteiger partial charge in [0.1, 0.15) is 9.98 Å². The quantitative estimate of drug-likeness (QED) is 0.687. The van der Waals surface area contributed by atoms with Crippen molar-refractivity contribution < 1.29 is 0 Å². The van der Waals surface area contributed by atoms with Crippen LogP contribution in [0.25, 0.3) is 10.2 Å². The molecule has 0 amide bonds. The normalized spacial score (nSPS) is 11.0.